The third kappa shape index (κ3) is 7.77. The van der Waals surface area contributed by atoms with Gasteiger partial charge in [-0.25, -0.2) is 0 Å². The van der Waals surface area contributed by atoms with Gasteiger partial charge in [-0.05, 0) is 29.7 Å². The first kappa shape index (κ1) is 25.1. The fraction of sp³-hybridized carbons (Fsp3) is 0.440. The van der Waals surface area contributed by atoms with Crippen LogP contribution in [0.5, 0.6) is 5.75 Å². The lowest BCUT2D eigenvalue weighted by Crippen LogP contribution is -2.42. The zero-order chi connectivity index (χ0) is 23.5. The molecule has 0 spiro atoms. The van der Waals surface area contributed by atoms with E-state index < -0.39 is 0 Å². The summed E-state index contributed by atoms with van der Waals surface area (Å²) in [5.41, 5.74) is 2.00. The standard InChI is InChI=1S/C25H32N2O5S/c1-30-15-6-13-26(18-24(29)32-19-20-7-4-3-5-8-20)17-23(28)27-14-16-33-25(27)21-9-11-22(31-2)12-10-21/h3-5,7-12,25H,6,13-19H2,1-2H3. The minimum atomic E-state index is -0.341. The minimum Gasteiger partial charge on any atom is -0.497 e. The van der Waals surface area contributed by atoms with Crippen LogP contribution in [0.3, 0.4) is 0 Å². The molecule has 8 heteroatoms. The fourth-order valence-electron chi connectivity index (χ4n) is 3.67. The van der Waals surface area contributed by atoms with Crippen molar-refractivity contribution in [2.24, 2.45) is 0 Å². The van der Waals surface area contributed by atoms with Crippen molar-refractivity contribution in [2.75, 3.05) is 52.8 Å². The lowest BCUT2D eigenvalue weighted by Gasteiger charge is -2.28. The highest BCUT2D eigenvalue weighted by molar-refractivity contribution is 7.99. The molecule has 1 heterocycles. The van der Waals surface area contributed by atoms with Crippen molar-refractivity contribution in [3.8, 4) is 5.75 Å². The largest absolute Gasteiger partial charge is 0.497 e. The Labute approximate surface area is 200 Å². The number of esters is 1. The summed E-state index contributed by atoms with van der Waals surface area (Å²) in [6, 6.07) is 17.4. The van der Waals surface area contributed by atoms with Crippen LogP contribution in [0.4, 0.5) is 0 Å². The van der Waals surface area contributed by atoms with Gasteiger partial charge in [-0.15, -0.1) is 11.8 Å². The van der Waals surface area contributed by atoms with Crippen molar-refractivity contribution in [3.05, 3.63) is 65.7 Å². The van der Waals surface area contributed by atoms with Crippen molar-refractivity contribution in [3.63, 3.8) is 0 Å². The van der Waals surface area contributed by atoms with Crippen molar-refractivity contribution in [1.29, 1.82) is 0 Å². The molecule has 178 valence electrons. The Morgan fingerprint density at radius 1 is 1.06 bits per heavy atom. The molecule has 1 unspecified atom stereocenters. The summed E-state index contributed by atoms with van der Waals surface area (Å²) >= 11 is 1.75. The monoisotopic (exact) mass is 472 g/mol. The van der Waals surface area contributed by atoms with E-state index in [0.717, 1.165) is 29.1 Å². The Morgan fingerprint density at radius 2 is 1.82 bits per heavy atom. The van der Waals surface area contributed by atoms with Crippen LogP contribution >= 0.6 is 11.8 Å². The van der Waals surface area contributed by atoms with Crippen molar-refractivity contribution in [2.45, 2.75) is 18.4 Å². The number of hydrogen-bond donors (Lipinski definition) is 0. The third-order valence-corrected chi connectivity index (χ3v) is 6.65. The molecule has 1 aliphatic rings. The van der Waals surface area contributed by atoms with Gasteiger partial charge in [0.1, 0.15) is 17.7 Å². The topological polar surface area (TPSA) is 68.3 Å². The summed E-state index contributed by atoms with van der Waals surface area (Å²) < 4.78 is 15.8. The van der Waals surface area contributed by atoms with E-state index in [9.17, 15) is 9.59 Å². The van der Waals surface area contributed by atoms with Gasteiger partial charge in [0.25, 0.3) is 0 Å². The lowest BCUT2D eigenvalue weighted by molar-refractivity contribution is -0.147. The first-order valence-corrected chi connectivity index (χ1v) is 12.1. The highest BCUT2D eigenvalue weighted by Gasteiger charge is 2.31. The van der Waals surface area contributed by atoms with Crippen LogP contribution in [-0.4, -0.2) is 74.4 Å². The van der Waals surface area contributed by atoms with E-state index in [-0.39, 0.29) is 36.9 Å². The van der Waals surface area contributed by atoms with E-state index in [1.807, 2.05) is 64.4 Å². The van der Waals surface area contributed by atoms with Gasteiger partial charge in [0, 0.05) is 32.6 Å². The van der Waals surface area contributed by atoms with E-state index in [1.165, 1.54) is 0 Å². The number of methoxy groups -OCH3 is 2. The fourth-order valence-corrected chi connectivity index (χ4v) is 4.94. The molecular weight excluding hydrogens is 440 g/mol. The minimum absolute atomic E-state index is 0.00842. The van der Waals surface area contributed by atoms with Crippen LogP contribution < -0.4 is 4.74 Å². The summed E-state index contributed by atoms with van der Waals surface area (Å²) in [5.74, 6) is 1.34. The average molecular weight is 473 g/mol. The van der Waals surface area contributed by atoms with Gasteiger partial charge in [0.15, 0.2) is 0 Å². The van der Waals surface area contributed by atoms with Crippen LogP contribution in [0.1, 0.15) is 22.9 Å². The van der Waals surface area contributed by atoms with E-state index in [4.69, 9.17) is 14.2 Å². The van der Waals surface area contributed by atoms with Gasteiger partial charge < -0.3 is 19.1 Å². The summed E-state index contributed by atoms with van der Waals surface area (Å²) in [5, 5.41) is -0.0331. The van der Waals surface area contributed by atoms with Gasteiger partial charge >= 0.3 is 5.97 Å². The number of carbonyl (C=O) groups is 2. The molecule has 1 fully saturated rings. The number of rotatable bonds is 12. The van der Waals surface area contributed by atoms with E-state index in [0.29, 0.717) is 19.7 Å². The molecule has 1 aliphatic heterocycles. The molecule has 0 aromatic heterocycles. The summed E-state index contributed by atoms with van der Waals surface area (Å²) in [7, 11) is 3.28. The number of nitrogens with zero attached hydrogens (tertiary/aromatic N) is 2. The Balaban J connectivity index is 1.59. The molecule has 3 rings (SSSR count). The first-order valence-electron chi connectivity index (χ1n) is 11.1. The Bertz CT molecular complexity index is 878. The van der Waals surface area contributed by atoms with Gasteiger partial charge in [0.2, 0.25) is 5.91 Å². The van der Waals surface area contributed by atoms with E-state index in [2.05, 4.69) is 0 Å². The van der Waals surface area contributed by atoms with Crippen molar-refractivity contribution < 1.29 is 23.8 Å². The van der Waals surface area contributed by atoms with Gasteiger partial charge in [-0.3, -0.25) is 14.5 Å². The Kier molecular flexibility index (Phi) is 10.1. The van der Waals surface area contributed by atoms with Crippen LogP contribution in [0.15, 0.2) is 54.6 Å². The quantitative estimate of drug-likeness (QED) is 0.347. The second-order valence-corrected chi connectivity index (χ2v) is 8.97. The molecule has 7 nitrogen and oxygen atoms in total. The van der Waals surface area contributed by atoms with Crippen molar-refractivity contribution in [1.82, 2.24) is 9.80 Å². The van der Waals surface area contributed by atoms with E-state index >= 15 is 0 Å². The van der Waals surface area contributed by atoms with Crippen molar-refractivity contribution >= 4 is 23.6 Å². The highest BCUT2D eigenvalue weighted by atomic mass is 32.2. The lowest BCUT2D eigenvalue weighted by atomic mass is 10.2. The number of hydrogen-bond acceptors (Lipinski definition) is 7. The molecule has 33 heavy (non-hydrogen) atoms. The molecule has 1 atom stereocenters. The van der Waals surface area contributed by atoms with Gasteiger partial charge in [-0.2, -0.15) is 0 Å². The normalized spacial score (nSPS) is 15.6. The molecule has 0 aliphatic carbocycles. The number of benzene rings is 2. The summed E-state index contributed by atoms with van der Waals surface area (Å²) in [6.45, 7) is 2.28. The maximum atomic E-state index is 13.2. The predicted octanol–water partition coefficient (Wildman–Crippen LogP) is 3.35. The SMILES string of the molecule is COCCCN(CC(=O)OCc1ccccc1)CC(=O)N1CCSC1c1ccc(OC)cc1. The summed E-state index contributed by atoms with van der Waals surface area (Å²) in [4.78, 5) is 29.4. The maximum absolute atomic E-state index is 13.2. The zero-order valence-corrected chi connectivity index (χ0v) is 20.1. The second-order valence-electron chi connectivity index (χ2n) is 7.79. The van der Waals surface area contributed by atoms with Crippen LogP contribution in [-0.2, 0) is 25.7 Å². The smallest absolute Gasteiger partial charge is 0.320 e. The molecule has 0 saturated carbocycles. The maximum Gasteiger partial charge on any atom is 0.320 e. The number of ether oxygens (including phenoxy) is 3. The highest BCUT2D eigenvalue weighted by Crippen LogP contribution is 2.38. The Hall–Kier alpha value is -2.55. The second kappa shape index (κ2) is 13.2. The van der Waals surface area contributed by atoms with Crippen LogP contribution in [0.25, 0.3) is 0 Å². The molecule has 0 N–H and O–H groups in total. The molecule has 2 aromatic carbocycles. The molecule has 2 aromatic rings. The first-order chi connectivity index (χ1) is 16.1. The van der Waals surface area contributed by atoms with Gasteiger partial charge in [-0.1, -0.05) is 42.5 Å². The zero-order valence-electron chi connectivity index (χ0n) is 19.3. The molecule has 1 saturated heterocycles. The summed E-state index contributed by atoms with van der Waals surface area (Å²) in [6.07, 6.45) is 0.729. The van der Waals surface area contributed by atoms with Crippen LogP contribution in [0.2, 0.25) is 0 Å². The van der Waals surface area contributed by atoms with Gasteiger partial charge in [0.05, 0.1) is 20.2 Å². The predicted molar refractivity (Wildman–Crippen MR) is 129 cm³/mol. The molecule has 1 amide bonds. The van der Waals surface area contributed by atoms with Crippen LogP contribution in [0, 0.1) is 0 Å². The molecular formula is C25H32N2O5S. The Morgan fingerprint density at radius 3 is 2.52 bits per heavy atom. The number of carbonyl (C=O) groups excluding carboxylic acids is 2. The van der Waals surface area contributed by atoms with E-state index in [1.54, 1.807) is 26.0 Å². The third-order valence-electron chi connectivity index (χ3n) is 5.39. The molecule has 0 bridgehead atoms. The number of amides is 1. The number of thioether (sulfide) groups is 1. The molecule has 0 radical (unpaired) electrons. The average Bonchev–Trinajstić information content (AvgIpc) is 3.34.